The van der Waals surface area contributed by atoms with Crippen LogP contribution in [0.2, 0.25) is 5.02 Å². The van der Waals surface area contributed by atoms with Crippen LogP contribution in [-0.4, -0.2) is 34.4 Å². The SMILES string of the molecule is Cn1cc(C(=O)N2CCCCC2)cc(NC(=O)c2ccccc2Cl)c1=O. The number of amides is 2. The van der Waals surface area contributed by atoms with Gasteiger partial charge in [0.15, 0.2) is 0 Å². The Labute approximate surface area is 156 Å². The van der Waals surface area contributed by atoms with Crippen molar-refractivity contribution >= 4 is 29.1 Å². The molecule has 1 aromatic heterocycles. The van der Waals surface area contributed by atoms with Crippen LogP contribution >= 0.6 is 11.6 Å². The fraction of sp³-hybridized carbons (Fsp3) is 0.316. The number of hydrogen-bond donors (Lipinski definition) is 1. The van der Waals surface area contributed by atoms with Gasteiger partial charge < -0.3 is 14.8 Å². The van der Waals surface area contributed by atoms with Crippen molar-refractivity contribution in [3.63, 3.8) is 0 Å². The Morgan fingerprint density at radius 2 is 1.81 bits per heavy atom. The molecule has 1 aromatic carbocycles. The van der Waals surface area contributed by atoms with Gasteiger partial charge in [-0.3, -0.25) is 14.4 Å². The van der Waals surface area contributed by atoms with Crippen molar-refractivity contribution < 1.29 is 9.59 Å². The van der Waals surface area contributed by atoms with E-state index >= 15 is 0 Å². The number of anilines is 1. The normalized spacial score (nSPS) is 14.2. The van der Waals surface area contributed by atoms with Gasteiger partial charge in [-0.15, -0.1) is 0 Å². The fourth-order valence-electron chi connectivity index (χ4n) is 3.03. The molecule has 0 unspecified atom stereocenters. The number of aromatic nitrogens is 1. The Hall–Kier alpha value is -2.60. The second-order valence-electron chi connectivity index (χ2n) is 6.35. The highest BCUT2D eigenvalue weighted by Crippen LogP contribution is 2.18. The number of hydrogen-bond acceptors (Lipinski definition) is 3. The van der Waals surface area contributed by atoms with Crippen LogP contribution in [0.1, 0.15) is 40.0 Å². The van der Waals surface area contributed by atoms with Crippen LogP contribution in [0.5, 0.6) is 0 Å². The van der Waals surface area contributed by atoms with Crippen LogP contribution in [0, 0.1) is 0 Å². The lowest BCUT2D eigenvalue weighted by atomic mass is 10.1. The lowest BCUT2D eigenvalue weighted by Crippen LogP contribution is -2.36. The summed E-state index contributed by atoms with van der Waals surface area (Å²) in [6, 6.07) is 8.02. The van der Waals surface area contributed by atoms with Gasteiger partial charge in [0.2, 0.25) is 0 Å². The first-order valence-corrected chi connectivity index (χ1v) is 8.91. The van der Waals surface area contributed by atoms with Gasteiger partial charge in [0.25, 0.3) is 17.4 Å². The molecule has 2 heterocycles. The predicted octanol–water partition coefficient (Wildman–Crippen LogP) is 2.92. The topological polar surface area (TPSA) is 71.4 Å². The molecule has 1 N–H and O–H groups in total. The summed E-state index contributed by atoms with van der Waals surface area (Å²) in [6.45, 7) is 1.42. The summed E-state index contributed by atoms with van der Waals surface area (Å²) < 4.78 is 1.30. The number of rotatable bonds is 3. The second-order valence-corrected chi connectivity index (χ2v) is 6.75. The number of halogens is 1. The summed E-state index contributed by atoms with van der Waals surface area (Å²) in [7, 11) is 1.56. The molecule has 1 aliphatic heterocycles. The monoisotopic (exact) mass is 373 g/mol. The van der Waals surface area contributed by atoms with E-state index in [4.69, 9.17) is 11.6 Å². The molecule has 136 valence electrons. The first kappa shape index (κ1) is 18.2. The Morgan fingerprint density at radius 3 is 2.50 bits per heavy atom. The molecule has 0 spiro atoms. The predicted molar refractivity (Wildman–Crippen MR) is 101 cm³/mol. The molecule has 1 aliphatic rings. The number of nitrogens with zero attached hydrogens (tertiary/aromatic N) is 2. The van der Waals surface area contributed by atoms with Crippen LogP contribution < -0.4 is 10.9 Å². The molecule has 2 aromatic rings. The third-order valence-corrected chi connectivity index (χ3v) is 4.77. The van der Waals surface area contributed by atoms with E-state index in [0.717, 1.165) is 19.3 Å². The minimum atomic E-state index is -0.490. The molecule has 1 fully saturated rings. The summed E-state index contributed by atoms with van der Waals surface area (Å²) >= 11 is 6.03. The molecule has 0 saturated carbocycles. The van der Waals surface area contributed by atoms with Gasteiger partial charge in [0.1, 0.15) is 5.69 Å². The Balaban J connectivity index is 1.89. The van der Waals surface area contributed by atoms with Gasteiger partial charge in [-0.2, -0.15) is 0 Å². The van der Waals surface area contributed by atoms with E-state index in [1.165, 1.54) is 16.8 Å². The van der Waals surface area contributed by atoms with E-state index in [9.17, 15) is 14.4 Å². The summed E-state index contributed by atoms with van der Waals surface area (Å²) in [4.78, 5) is 39.3. The Bertz CT molecular complexity index is 901. The van der Waals surface area contributed by atoms with Crippen molar-refractivity contribution in [2.45, 2.75) is 19.3 Å². The lowest BCUT2D eigenvalue weighted by molar-refractivity contribution is 0.0723. The summed E-state index contributed by atoms with van der Waals surface area (Å²) in [5.74, 6) is -0.621. The van der Waals surface area contributed by atoms with Gasteiger partial charge in [0.05, 0.1) is 16.1 Å². The number of likely N-dealkylation sites (tertiary alicyclic amines) is 1. The molecule has 2 amide bonds. The minimum Gasteiger partial charge on any atom is -0.339 e. The number of benzene rings is 1. The third kappa shape index (κ3) is 3.80. The highest BCUT2D eigenvalue weighted by atomic mass is 35.5. The number of piperidine rings is 1. The van der Waals surface area contributed by atoms with Crippen LogP contribution in [0.3, 0.4) is 0 Å². The average molecular weight is 374 g/mol. The van der Waals surface area contributed by atoms with Gasteiger partial charge in [-0.25, -0.2) is 0 Å². The average Bonchev–Trinajstić information content (AvgIpc) is 2.65. The standard InChI is InChI=1S/C19H20ClN3O3/c1-22-12-13(18(25)23-9-5-2-6-10-23)11-16(19(22)26)21-17(24)14-7-3-4-8-15(14)20/h3-4,7-8,11-12H,2,5-6,9-10H2,1H3,(H,21,24). The second kappa shape index (κ2) is 7.74. The molecule has 0 bridgehead atoms. The van der Waals surface area contributed by atoms with E-state index in [2.05, 4.69) is 5.32 Å². The molecule has 7 heteroatoms. The van der Waals surface area contributed by atoms with E-state index in [1.807, 2.05) is 0 Å². The van der Waals surface area contributed by atoms with Gasteiger partial charge in [0, 0.05) is 26.3 Å². The molecule has 1 saturated heterocycles. The quantitative estimate of drug-likeness (QED) is 0.899. The van der Waals surface area contributed by atoms with Gasteiger partial charge in [-0.05, 0) is 37.5 Å². The molecule has 0 aliphatic carbocycles. The summed E-state index contributed by atoms with van der Waals surface area (Å²) in [5.41, 5.74) is 0.313. The number of pyridine rings is 1. The molecule has 0 atom stereocenters. The zero-order valence-corrected chi connectivity index (χ0v) is 15.3. The van der Waals surface area contributed by atoms with Crippen LogP contribution in [-0.2, 0) is 7.05 Å². The highest BCUT2D eigenvalue weighted by molar-refractivity contribution is 6.34. The fourth-order valence-corrected chi connectivity index (χ4v) is 3.25. The smallest absolute Gasteiger partial charge is 0.274 e. The number of nitrogens with one attached hydrogen (secondary N) is 1. The Morgan fingerprint density at radius 1 is 1.12 bits per heavy atom. The molecule has 6 nitrogen and oxygen atoms in total. The van der Waals surface area contributed by atoms with Crippen LogP contribution in [0.4, 0.5) is 5.69 Å². The molecule has 0 radical (unpaired) electrons. The van der Waals surface area contributed by atoms with Gasteiger partial charge in [-0.1, -0.05) is 23.7 Å². The van der Waals surface area contributed by atoms with E-state index in [0.29, 0.717) is 23.7 Å². The zero-order chi connectivity index (χ0) is 18.7. The first-order chi connectivity index (χ1) is 12.5. The molecule has 26 heavy (non-hydrogen) atoms. The lowest BCUT2D eigenvalue weighted by Gasteiger charge is -2.27. The molecular formula is C19H20ClN3O3. The maximum absolute atomic E-state index is 12.7. The van der Waals surface area contributed by atoms with Crippen molar-refractivity contribution in [3.8, 4) is 0 Å². The largest absolute Gasteiger partial charge is 0.339 e. The van der Waals surface area contributed by atoms with Crippen LogP contribution in [0.25, 0.3) is 0 Å². The third-order valence-electron chi connectivity index (χ3n) is 4.44. The molecular weight excluding hydrogens is 354 g/mol. The van der Waals surface area contributed by atoms with Crippen molar-refractivity contribution in [1.29, 1.82) is 0 Å². The first-order valence-electron chi connectivity index (χ1n) is 8.53. The summed E-state index contributed by atoms with van der Waals surface area (Å²) in [5, 5.41) is 2.87. The van der Waals surface area contributed by atoms with Crippen molar-refractivity contribution in [2.24, 2.45) is 7.05 Å². The van der Waals surface area contributed by atoms with E-state index in [-0.39, 0.29) is 22.7 Å². The highest BCUT2D eigenvalue weighted by Gasteiger charge is 2.21. The molecule has 3 rings (SSSR count). The number of aryl methyl sites for hydroxylation is 1. The van der Waals surface area contributed by atoms with Crippen molar-refractivity contribution in [3.05, 3.63) is 63.0 Å². The minimum absolute atomic E-state index is 0.0558. The van der Waals surface area contributed by atoms with Gasteiger partial charge >= 0.3 is 0 Å². The van der Waals surface area contributed by atoms with Crippen LogP contribution in [0.15, 0.2) is 41.3 Å². The zero-order valence-electron chi connectivity index (χ0n) is 14.5. The maximum Gasteiger partial charge on any atom is 0.274 e. The number of carbonyl (C=O) groups is 2. The Kier molecular flexibility index (Phi) is 5.42. The van der Waals surface area contributed by atoms with Crippen molar-refractivity contribution in [1.82, 2.24) is 9.47 Å². The maximum atomic E-state index is 12.7. The number of carbonyl (C=O) groups excluding carboxylic acids is 2. The van der Waals surface area contributed by atoms with E-state index < -0.39 is 5.91 Å². The van der Waals surface area contributed by atoms with E-state index in [1.54, 1.807) is 36.2 Å². The summed E-state index contributed by atoms with van der Waals surface area (Å²) in [6.07, 6.45) is 4.59. The van der Waals surface area contributed by atoms with Crippen molar-refractivity contribution in [2.75, 3.05) is 18.4 Å².